The van der Waals surface area contributed by atoms with Crippen LogP contribution in [0.2, 0.25) is 5.02 Å². The van der Waals surface area contributed by atoms with Crippen LogP contribution in [0, 0.1) is 5.92 Å². The van der Waals surface area contributed by atoms with Gasteiger partial charge in [0.25, 0.3) is 17.4 Å². The average molecular weight is 883 g/mol. The van der Waals surface area contributed by atoms with Gasteiger partial charge in [-0.2, -0.15) is 4.98 Å². The molecule has 0 spiro atoms. The van der Waals surface area contributed by atoms with Crippen LogP contribution in [-0.4, -0.2) is 120 Å². The minimum Gasteiger partial charge on any atom is -0.496 e. The van der Waals surface area contributed by atoms with Gasteiger partial charge >= 0.3 is 0 Å². The second kappa shape index (κ2) is 17.7. The number of nitrogens with one attached hydrogen (secondary N) is 3. The smallest absolute Gasteiger partial charge is 0.293 e. The summed E-state index contributed by atoms with van der Waals surface area (Å²) in [6.45, 7) is 13.5. The van der Waals surface area contributed by atoms with Gasteiger partial charge < -0.3 is 39.4 Å². The van der Waals surface area contributed by atoms with E-state index >= 15 is 0 Å². The summed E-state index contributed by atoms with van der Waals surface area (Å²) >= 11 is 6.64. The van der Waals surface area contributed by atoms with Crippen molar-refractivity contribution in [3.05, 3.63) is 69.1 Å². The van der Waals surface area contributed by atoms with E-state index in [2.05, 4.69) is 55.5 Å². The molecule has 63 heavy (non-hydrogen) atoms. The number of nitrogens with zero attached hydrogens (tertiary/aromatic N) is 7. The van der Waals surface area contributed by atoms with Crippen LogP contribution in [0.3, 0.4) is 0 Å². The van der Waals surface area contributed by atoms with Crippen molar-refractivity contribution < 1.29 is 28.7 Å². The number of aromatic nitrogens is 3. The molecule has 334 valence electrons. The van der Waals surface area contributed by atoms with E-state index in [0.717, 1.165) is 74.3 Å². The first-order chi connectivity index (χ1) is 30.2. The Hall–Kier alpha value is -5.94. The van der Waals surface area contributed by atoms with Crippen LogP contribution < -0.4 is 40.8 Å². The van der Waals surface area contributed by atoms with Crippen LogP contribution >= 0.6 is 11.6 Å². The van der Waals surface area contributed by atoms with Crippen LogP contribution in [0.4, 0.5) is 23.1 Å². The SMILES string of the molecule is CNC(=O)COc1cc2cc(Nc3nc(N4CCN(C(C)(C)C5CCN(c6cc7c(c(OC)c6)C(=O)N(C6CCC(=O)NC6=O)C7)CC5)CC4)ncc3Cl)ccc2n(C(C)C)c1=O. The van der Waals surface area contributed by atoms with Crippen LogP contribution in [0.1, 0.15) is 75.3 Å². The lowest BCUT2D eigenvalue weighted by Crippen LogP contribution is -2.59. The zero-order valence-corrected chi connectivity index (χ0v) is 37.4. The lowest BCUT2D eigenvalue weighted by Gasteiger charge is -2.50. The third kappa shape index (κ3) is 8.60. The van der Waals surface area contributed by atoms with Crippen molar-refractivity contribution in [1.82, 2.24) is 35.0 Å². The standard InChI is InChI=1S/C45H55ClN10O7/c1-26(2)56-33-8-7-30(19-27(33)21-36(42(56)60)63-25-38(58)47-5)49-40-32(46)23-48-44(51-40)53-15-17-54(18-16-53)45(3,4)29-11-13-52(14-12-29)31-20-28-24-55(34-9-10-37(57)50-41(34)59)43(61)39(28)35(22-31)62-6/h7-8,19-23,26,29,34H,9-18,24-25H2,1-6H3,(H,47,58)(H,48,49,51)(H,50,57,59). The third-order valence-electron chi connectivity index (χ3n) is 13.2. The highest BCUT2D eigenvalue weighted by atomic mass is 35.5. The Morgan fingerprint density at radius 1 is 0.968 bits per heavy atom. The number of hydrogen-bond acceptors (Lipinski definition) is 13. The number of methoxy groups -OCH3 is 1. The van der Waals surface area contributed by atoms with Crippen molar-refractivity contribution >= 4 is 69.3 Å². The molecular formula is C45H55ClN10O7. The molecule has 1 unspecified atom stereocenters. The largest absolute Gasteiger partial charge is 0.496 e. The van der Waals surface area contributed by atoms with E-state index in [4.69, 9.17) is 26.1 Å². The van der Waals surface area contributed by atoms with Gasteiger partial charge in [0.05, 0.1) is 24.4 Å². The molecule has 0 aliphatic carbocycles. The first-order valence-corrected chi connectivity index (χ1v) is 22.0. The fraction of sp³-hybridized carbons (Fsp3) is 0.489. The number of hydrogen-bond donors (Lipinski definition) is 3. The van der Waals surface area contributed by atoms with E-state index in [1.54, 1.807) is 28.8 Å². The summed E-state index contributed by atoms with van der Waals surface area (Å²) in [6, 6.07) is 10.5. The molecule has 17 nitrogen and oxygen atoms in total. The minimum absolute atomic E-state index is 0.0553. The van der Waals surface area contributed by atoms with Crippen LogP contribution in [0.5, 0.6) is 11.5 Å². The molecule has 8 rings (SSSR count). The molecule has 1 atom stereocenters. The van der Waals surface area contributed by atoms with E-state index < -0.39 is 11.9 Å². The Bertz CT molecular complexity index is 2510. The van der Waals surface area contributed by atoms with Gasteiger partial charge in [-0.25, -0.2) is 4.98 Å². The van der Waals surface area contributed by atoms with Crippen molar-refractivity contribution in [3.63, 3.8) is 0 Å². The lowest BCUT2D eigenvalue weighted by atomic mass is 9.78. The van der Waals surface area contributed by atoms with Crippen LogP contribution in [0.25, 0.3) is 10.9 Å². The molecule has 2 aromatic carbocycles. The third-order valence-corrected chi connectivity index (χ3v) is 13.5. The normalized spacial score (nSPS) is 18.8. The average Bonchev–Trinajstić information content (AvgIpc) is 3.61. The number of pyridine rings is 1. The fourth-order valence-corrected chi connectivity index (χ4v) is 9.69. The molecule has 4 aromatic rings. The number of carbonyl (C=O) groups is 4. The number of piperazine rings is 1. The Kier molecular flexibility index (Phi) is 12.3. The predicted octanol–water partition coefficient (Wildman–Crippen LogP) is 4.48. The van der Waals surface area contributed by atoms with Crippen molar-refractivity contribution in [2.45, 2.75) is 77.5 Å². The molecule has 0 bridgehead atoms. The summed E-state index contributed by atoms with van der Waals surface area (Å²) < 4.78 is 13.0. The van der Waals surface area contributed by atoms with E-state index in [0.29, 0.717) is 52.7 Å². The van der Waals surface area contributed by atoms with E-state index in [1.807, 2.05) is 38.1 Å². The van der Waals surface area contributed by atoms with Gasteiger partial charge in [-0.15, -0.1) is 0 Å². The molecule has 4 amide bonds. The summed E-state index contributed by atoms with van der Waals surface area (Å²) in [4.78, 5) is 81.2. The number of halogens is 1. The number of imide groups is 1. The molecule has 4 aliphatic rings. The highest BCUT2D eigenvalue weighted by Gasteiger charge is 2.42. The number of benzene rings is 2. The molecule has 6 heterocycles. The number of carbonyl (C=O) groups excluding carboxylic acids is 4. The number of anilines is 4. The predicted molar refractivity (Wildman–Crippen MR) is 240 cm³/mol. The Balaban J connectivity index is 0.894. The zero-order valence-electron chi connectivity index (χ0n) is 36.6. The van der Waals surface area contributed by atoms with Crippen molar-refractivity contribution in [3.8, 4) is 11.5 Å². The summed E-state index contributed by atoms with van der Waals surface area (Å²) in [5.74, 6) is 0.777. The molecule has 18 heteroatoms. The second-order valence-corrected chi connectivity index (χ2v) is 17.9. The van der Waals surface area contributed by atoms with Crippen molar-refractivity contribution in [2.24, 2.45) is 5.92 Å². The van der Waals surface area contributed by atoms with Gasteiger partial charge in [0.1, 0.15) is 16.8 Å². The van der Waals surface area contributed by atoms with E-state index in [9.17, 15) is 24.0 Å². The molecule has 3 N–H and O–H groups in total. The molecule has 0 saturated carbocycles. The zero-order chi connectivity index (χ0) is 44.7. The van der Waals surface area contributed by atoms with Crippen molar-refractivity contribution in [2.75, 3.05) is 75.1 Å². The Labute approximate surface area is 371 Å². The topological polar surface area (TPSA) is 184 Å². The fourth-order valence-electron chi connectivity index (χ4n) is 9.55. The van der Waals surface area contributed by atoms with Crippen molar-refractivity contribution in [1.29, 1.82) is 0 Å². The minimum atomic E-state index is -0.680. The molecular weight excluding hydrogens is 828 g/mol. The lowest BCUT2D eigenvalue weighted by molar-refractivity contribution is -0.137. The number of rotatable bonds is 12. The highest BCUT2D eigenvalue weighted by Crippen LogP contribution is 2.40. The molecule has 3 fully saturated rings. The van der Waals surface area contributed by atoms with Gasteiger partial charge in [0, 0.05) is 93.7 Å². The van der Waals surface area contributed by atoms with Gasteiger partial charge in [-0.3, -0.25) is 34.2 Å². The Morgan fingerprint density at radius 3 is 2.40 bits per heavy atom. The van der Waals surface area contributed by atoms with E-state index in [-0.39, 0.29) is 53.6 Å². The van der Waals surface area contributed by atoms with Gasteiger partial charge in [-0.1, -0.05) is 11.6 Å². The van der Waals surface area contributed by atoms with Gasteiger partial charge in [0.2, 0.25) is 17.8 Å². The molecule has 0 radical (unpaired) electrons. The molecule has 2 aromatic heterocycles. The Morgan fingerprint density at radius 2 is 1.71 bits per heavy atom. The first-order valence-electron chi connectivity index (χ1n) is 21.6. The monoisotopic (exact) mass is 882 g/mol. The number of piperidine rings is 2. The number of likely N-dealkylation sites (N-methyl/N-ethyl adjacent to an activating group) is 1. The number of fused-ring (bicyclic) bond motifs is 2. The quantitative estimate of drug-likeness (QED) is 0.170. The molecule has 3 saturated heterocycles. The number of amides is 4. The van der Waals surface area contributed by atoms with Gasteiger partial charge in [0.15, 0.2) is 18.2 Å². The molecule has 4 aliphatic heterocycles. The maximum absolute atomic E-state index is 13.5. The highest BCUT2D eigenvalue weighted by molar-refractivity contribution is 6.33. The van der Waals surface area contributed by atoms with Crippen LogP contribution in [-0.2, 0) is 20.9 Å². The number of ether oxygens (including phenoxy) is 2. The maximum Gasteiger partial charge on any atom is 0.293 e. The summed E-state index contributed by atoms with van der Waals surface area (Å²) in [6.07, 6.45) is 4.13. The maximum atomic E-state index is 13.5. The van der Waals surface area contributed by atoms with Gasteiger partial charge in [-0.05, 0) is 88.8 Å². The summed E-state index contributed by atoms with van der Waals surface area (Å²) in [7, 11) is 3.08. The van der Waals surface area contributed by atoms with E-state index in [1.165, 1.54) is 7.05 Å². The second-order valence-electron chi connectivity index (χ2n) is 17.5. The van der Waals surface area contributed by atoms with Crippen LogP contribution in [0.15, 0.2) is 47.4 Å². The first kappa shape index (κ1) is 43.7. The summed E-state index contributed by atoms with van der Waals surface area (Å²) in [5, 5.41) is 9.35. The summed E-state index contributed by atoms with van der Waals surface area (Å²) in [5.41, 5.74) is 3.40.